The van der Waals surface area contributed by atoms with Gasteiger partial charge in [-0.1, -0.05) is 12.1 Å². The van der Waals surface area contributed by atoms with Crippen LogP contribution >= 0.6 is 0 Å². The first-order valence-electron chi connectivity index (χ1n) is 5.52. The van der Waals surface area contributed by atoms with Crippen LogP contribution in [-0.4, -0.2) is 27.2 Å². The van der Waals surface area contributed by atoms with E-state index in [1.807, 2.05) is 0 Å². The fraction of sp³-hybridized carbons (Fsp3) is 0.333. The molecular formula is C12H15N3O2. The Morgan fingerprint density at radius 1 is 1.41 bits per heavy atom. The van der Waals surface area contributed by atoms with E-state index in [4.69, 9.17) is 4.74 Å². The summed E-state index contributed by atoms with van der Waals surface area (Å²) < 4.78 is 6.92. The number of rotatable bonds is 4. The molecule has 0 fully saturated rings. The third-order valence-electron chi connectivity index (χ3n) is 2.53. The number of ether oxygens (including phenoxy) is 1. The molecule has 1 N–H and O–H groups in total. The molecule has 0 amide bonds. The van der Waals surface area contributed by atoms with Gasteiger partial charge >= 0.3 is 0 Å². The van der Waals surface area contributed by atoms with E-state index >= 15 is 0 Å². The molecule has 90 valence electrons. The molecule has 0 aliphatic carbocycles. The Balaban J connectivity index is 2.47. The van der Waals surface area contributed by atoms with Crippen molar-refractivity contribution in [2.24, 2.45) is 0 Å². The number of benzene rings is 1. The van der Waals surface area contributed by atoms with Crippen LogP contribution in [0.2, 0.25) is 0 Å². The van der Waals surface area contributed by atoms with E-state index in [0.29, 0.717) is 11.3 Å². The van der Waals surface area contributed by atoms with Crippen molar-refractivity contribution in [1.82, 2.24) is 15.0 Å². The van der Waals surface area contributed by atoms with Crippen LogP contribution in [0.15, 0.2) is 24.4 Å². The lowest BCUT2D eigenvalue weighted by Crippen LogP contribution is -2.01. The van der Waals surface area contributed by atoms with Gasteiger partial charge in [-0.05, 0) is 24.6 Å². The van der Waals surface area contributed by atoms with Crippen LogP contribution in [0.4, 0.5) is 0 Å². The number of phenolic OH excluding ortho intramolecular Hbond substituents is 1. The summed E-state index contributed by atoms with van der Waals surface area (Å²) in [6.45, 7) is 2.84. The summed E-state index contributed by atoms with van der Waals surface area (Å²) in [5.74, 6) is 0.896. The van der Waals surface area contributed by atoms with Crippen molar-refractivity contribution in [1.29, 1.82) is 0 Å². The van der Waals surface area contributed by atoms with Gasteiger partial charge in [-0.3, -0.25) is 0 Å². The molecule has 0 spiro atoms. The maximum absolute atomic E-state index is 9.87. The van der Waals surface area contributed by atoms with Crippen LogP contribution in [0.1, 0.15) is 13.3 Å². The lowest BCUT2D eigenvalue weighted by molar-refractivity contribution is 0.412. The largest absolute Gasteiger partial charge is 0.507 e. The first-order valence-corrected chi connectivity index (χ1v) is 5.52. The van der Waals surface area contributed by atoms with Crippen LogP contribution in [0, 0.1) is 0 Å². The van der Waals surface area contributed by atoms with E-state index in [1.165, 1.54) is 0 Å². The highest BCUT2D eigenvalue weighted by molar-refractivity contribution is 5.68. The second-order valence-electron chi connectivity index (χ2n) is 3.73. The maximum atomic E-state index is 9.87. The molecule has 0 atom stereocenters. The Bertz CT molecular complexity index is 508. The number of phenols is 1. The third-order valence-corrected chi connectivity index (χ3v) is 2.53. The van der Waals surface area contributed by atoms with Crippen molar-refractivity contribution < 1.29 is 9.84 Å². The van der Waals surface area contributed by atoms with E-state index in [9.17, 15) is 5.11 Å². The second kappa shape index (κ2) is 4.86. The normalized spacial score (nSPS) is 10.5. The highest BCUT2D eigenvalue weighted by Gasteiger charge is 2.11. The van der Waals surface area contributed by atoms with Crippen molar-refractivity contribution in [3.8, 4) is 22.8 Å². The highest BCUT2D eigenvalue weighted by atomic mass is 16.5. The van der Waals surface area contributed by atoms with Crippen molar-refractivity contribution in [3.63, 3.8) is 0 Å². The van der Waals surface area contributed by atoms with Gasteiger partial charge in [0.1, 0.15) is 11.5 Å². The summed E-state index contributed by atoms with van der Waals surface area (Å²) in [4.78, 5) is 0. The van der Waals surface area contributed by atoms with Crippen molar-refractivity contribution in [2.75, 3.05) is 7.11 Å². The van der Waals surface area contributed by atoms with Gasteiger partial charge in [-0.15, -0.1) is 5.10 Å². The van der Waals surface area contributed by atoms with Crippen LogP contribution in [-0.2, 0) is 6.54 Å². The highest BCUT2D eigenvalue weighted by Crippen LogP contribution is 2.31. The Kier molecular flexibility index (Phi) is 3.27. The van der Waals surface area contributed by atoms with Crippen LogP contribution in [0.5, 0.6) is 11.5 Å². The quantitative estimate of drug-likeness (QED) is 0.878. The minimum absolute atomic E-state index is 0.199. The molecule has 0 unspecified atom stereocenters. The fourth-order valence-electron chi connectivity index (χ4n) is 1.69. The van der Waals surface area contributed by atoms with Crippen LogP contribution in [0.3, 0.4) is 0 Å². The molecule has 0 saturated carbocycles. The average Bonchev–Trinajstić information content (AvgIpc) is 2.78. The molecule has 0 saturated heterocycles. The molecule has 0 aliphatic heterocycles. The number of hydrogen-bond donors (Lipinski definition) is 1. The number of hydrogen-bond acceptors (Lipinski definition) is 4. The van der Waals surface area contributed by atoms with E-state index in [1.54, 1.807) is 36.2 Å². The number of aryl methyl sites for hydroxylation is 1. The molecule has 0 aliphatic rings. The molecule has 1 aromatic heterocycles. The SMILES string of the molecule is CCCn1nncc1-c1cc(OC)ccc1O. The predicted octanol–water partition coefficient (Wildman–Crippen LogP) is 2.07. The topological polar surface area (TPSA) is 60.2 Å². The number of aromatic hydroxyl groups is 1. The summed E-state index contributed by atoms with van der Waals surface area (Å²) in [6, 6.07) is 5.10. The van der Waals surface area contributed by atoms with Crippen molar-refractivity contribution in [3.05, 3.63) is 24.4 Å². The van der Waals surface area contributed by atoms with Crippen molar-refractivity contribution in [2.45, 2.75) is 19.9 Å². The second-order valence-corrected chi connectivity index (χ2v) is 3.73. The van der Waals surface area contributed by atoms with Gasteiger partial charge in [0.15, 0.2) is 0 Å². The number of aromatic nitrogens is 3. The molecule has 5 nitrogen and oxygen atoms in total. The number of nitrogens with zero attached hydrogens (tertiary/aromatic N) is 3. The zero-order valence-corrected chi connectivity index (χ0v) is 9.92. The van der Waals surface area contributed by atoms with Crippen LogP contribution in [0.25, 0.3) is 11.3 Å². The molecular weight excluding hydrogens is 218 g/mol. The van der Waals surface area contributed by atoms with Gasteiger partial charge in [0.05, 0.1) is 19.0 Å². The molecule has 17 heavy (non-hydrogen) atoms. The minimum Gasteiger partial charge on any atom is -0.507 e. The summed E-state index contributed by atoms with van der Waals surface area (Å²) in [5, 5.41) is 17.7. The van der Waals surface area contributed by atoms with Gasteiger partial charge in [-0.25, -0.2) is 4.68 Å². The van der Waals surface area contributed by atoms with Gasteiger partial charge < -0.3 is 9.84 Å². The summed E-state index contributed by atoms with van der Waals surface area (Å²) in [7, 11) is 1.59. The van der Waals surface area contributed by atoms with E-state index in [0.717, 1.165) is 18.7 Å². The molecule has 5 heteroatoms. The van der Waals surface area contributed by atoms with E-state index < -0.39 is 0 Å². The van der Waals surface area contributed by atoms with Gasteiger partial charge in [0, 0.05) is 12.1 Å². The monoisotopic (exact) mass is 233 g/mol. The first-order chi connectivity index (χ1) is 8.26. The van der Waals surface area contributed by atoms with Gasteiger partial charge in [0.25, 0.3) is 0 Å². The molecule has 1 aromatic carbocycles. The third kappa shape index (κ3) is 2.22. The van der Waals surface area contributed by atoms with Gasteiger partial charge in [-0.2, -0.15) is 0 Å². The summed E-state index contributed by atoms with van der Waals surface area (Å²) in [6.07, 6.45) is 2.60. The Morgan fingerprint density at radius 2 is 2.24 bits per heavy atom. The van der Waals surface area contributed by atoms with Crippen molar-refractivity contribution >= 4 is 0 Å². The Morgan fingerprint density at radius 3 is 2.94 bits per heavy atom. The van der Waals surface area contributed by atoms with Gasteiger partial charge in [0.2, 0.25) is 0 Å². The fourth-order valence-corrected chi connectivity index (χ4v) is 1.69. The maximum Gasteiger partial charge on any atom is 0.125 e. The molecule has 2 rings (SSSR count). The lowest BCUT2D eigenvalue weighted by atomic mass is 10.1. The van der Waals surface area contributed by atoms with E-state index in [2.05, 4.69) is 17.2 Å². The summed E-state index contributed by atoms with van der Waals surface area (Å²) >= 11 is 0. The zero-order valence-electron chi connectivity index (χ0n) is 9.92. The first kappa shape index (κ1) is 11.4. The number of methoxy groups -OCH3 is 1. The molecule has 2 aromatic rings. The zero-order chi connectivity index (χ0) is 12.3. The molecule has 0 bridgehead atoms. The standard InChI is InChI=1S/C12H15N3O2/c1-3-6-15-11(8-13-14-15)10-7-9(17-2)4-5-12(10)16/h4-5,7-8,16H,3,6H2,1-2H3. The van der Waals surface area contributed by atoms with E-state index in [-0.39, 0.29) is 5.75 Å². The predicted molar refractivity (Wildman–Crippen MR) is 64.0 cm³/mol. The Hall–Kier alpha value is -2.04. The smallest absolute Gasteiger partial charge is 0.125 e. The lowest BCUT2D eigenvalue weighted by Gasteiger charge is -2.08. The van der Waals surface area contributed by atoms with Crippen LogP contribution < -0.4 is 4.74 Å². The average molecular weight is 233 g/mol. The Labute approximate surface area is 99.7 Å². The summed E-state index contributed by atoms with van der Waals surface area (Å²) in [5.41, 5.74) is 1.48. The molecule has 0 radical (unpaired) electrons. The molecule has 1 heterocycles. The minimum atomic E-state index is 0.199.